The first-order valence-electron chi connectivity index (χ1n) is 8.11. The molecule has 2 heterocycles. The number of halogens is 2. The Morgan fingerprint density at radius 1 is 1.36 bits per heavy atom. The average molecular weight is 424 g/mol. The summed E-state index contributed by atoms with van der Waals surface area (Å²) in [6.07, 6.45) is 4.85. The molecule has 1 N–H and O–H groups in total. The Bertz CT molecular complexity index is 768. The molecule has 1 aromatic carbocycles. The zero-order valence-corrected chi connectivity index (χ0v) is 16.0. The van der Waals surface area contributed by atoms with Gasteiger partial charge in [-0.15, -0.1) is 11.3 Å². The van der Waals surface area contributed by atoms with Crippen LogP contribution in [-0.4, -0.2) is 25.7 Å². The Balaban J connectivity index is 1.68. The van der Waals surface area contributed by atoms with Crippen molar-refractivity contribution >= 4 is 39.2 Å². The highest BCUT2D eigenvalue weighted by atomic mass is 79.9. The van der Waals surface area contributed by atoms with Gasteiger partial charge in [0.15, 0.2) is 0 Å². The van der Waals surface area contributed by atoms with Gasteiger partial charge in [0.2, 0.25) is 5.91 Å². The van der Waals surface area contributed by atoms with E-state index in [4.69, 9.17) is 4.74 Å². The van der Waals surface area contributed by atoms with Gasteiger partial charge < -0.3 is 10.1 Å². The summed E-state index contributed by atoms with van der Waals surface area (Å²) < 4.78 is 20.2. The monoisotopic (exact) mass is 423 g/mol. The lowest BCUT2D eigenvalue weighted by Crippen LogP contribution is -2.44. The van der Waals surface area contributed by atoms with Gasteiger partial charge in [0.05, 0.1) is 3.79 Å². The van der Waals surface area contributed by atoms with Crippen molar-refractivity contribution < 1.29 is 13.9 Å². The third kappa shape index (κ3) is 4.77. The van der Waals surface area contributed by atoms with Crippen LogP contribution in [0.5, 0.6) is 0 Å². The second kappa shape index (κ2) is 8.25. The molecule has 1 aliphatic rings. The predicted octanol–water partition coefficient (Wildman–Crippen LogP) is 4.53. The molecule has 1 aliphatic heterocycles. The third-order valence-electron chi connectivity index (χ3n) is 4.50. The van der Waals surface area contributed by atoms with Crippen molar-refractivity contribution in [3.05, 3.63) is 62.5 Å². The molecule has 6 heteroatoms. The van der Waals surface area contributed by atoms with Crippen LogP contribution >= 0.6 is 27.3 Å². The van der Waals surface area contributed by atoms with Gasteiger partial charge >= 0.3 is 0 Å². The van der Waals surface area contributed by atoms with E-state index in [2.05, 4.69) is 21.2 Å². The second-order valence-electron chi connectivity index (χ2n) is 6.14. The van der Waals surface area contributed by atoms with Crippen LogP contribution in [0.3, 0.4) is 0 Å². The molecule has 132 valence electrons. The van der Waals surface area contributed by atoms with Crippen LogP contribution < -0.4 is 5.32 Å². The summed E-state index contributed by atoms with van der Waals surface area (Å²) >= 11 is 4.98. The Morgan fingerprint density at radius 3 is 2.84 bits per heavy atom. The van der Waals surface area contributed by atoms with Crippen LogP contribution in [0.1, 0.15) is 24.0 Å². The number of ether oxygens (including phenoxy) is 1. The molecule has 1 aromatic heterocycles. The second-order valence-corrected chi connectivity index (χ2v) is 8.43. The predicted molar refractivity (Wildman–Crippen MR) is 102 cm³/mol. The molecule has 0 bridgehead atoms. The van der Waals surface area contributed by atoms with Gasteiger partial charge in [0.25, 0.3) is 0 Å². The van der Waals surface area contributed by atoms with E-state index in [1.165, 1.54) is 12.1 Å². The molecule has 1 amide bonds. The number of carbonyl (C=O) groups is 1. The summed E-state index contributed by atoms with van der Waals surface area (Å²) in [7, 11) is 0. The van der Waals surface area contributed by atoms with Gasteiger partial charge in [-0.05, 0) is 69.6 Å². The van der Waals surface area contributed by atoms with E-state index < -0.39 is 0 Å². The molecule has 0 radical (unpaired) electrons. The van der Waals surface area contributed by atoms with E-state index in [0.29, 0.717) is 19.8 Å². The summed E-state index contributed by atoms with van der Waals surface area (Å²) in [6.45, 7) is 1.70. The first-order chi connectivity index (χ1) is 12.1. The van der Waals surface area contributed by atoms with E-state index in [1.54, 1.807) is 29.5 Å². The lowest BCUT2D eigenvalue weighted by atomic mass is 9.74. The highest BCUT2D eigenvalue weighted by Crippen LogP contribution is 2.34. The number of nitrogens with one attached hydrogen (secondary N) is 1. The van der Waals surface area contributed by atoms with Crippen LogP contribution in [0, 0.1) is 5.82 Å². The van der Waals surface area contributed by atoms with Crippen molar-refractivity contribution in [2.24, 2.45) is 0 Å². The lowest BCUT2D eigenvalue weighted by molar-refractivity contribution is -0.116. The minimum absolute atomic E-state index is 0.149. The van der Waals surface area contributed by atoms with E-state index in [9.17, 15) is 9.18 Å². The van der Waals surface area contributed by atoms with Crippen molar-refractivity contribution in [1.29, 1.82) is 0 Å². The van der Waals surface area contributed by atoms with Crippen LogP contribution in [0.2, 0.25) is 0 Å². The Labute approximate surface area is 159 Å². The van der Waals surface area contributed by atoms with Crippen LogP contribution in [0.4, 0.5) is 4.39 Å². The first-order valence-corrected chi connectivity index (χ1v) is 9.78. The summed E-state index contributed by atoms with van der Waals surface area (Å²) in [6, 6.07) is 8.62. The zero-order chi connectivity index (χ0) is 17.7. The molecule has 0 saturated carbocycles. The fraction of sp³-hybridized carbons (Fsp3) is 0.316. The molecule has 0 unspecified atom stereocenters. The van der Waals surface area contributed by atoms with Crippen molar-refractivity contribution in [2.75, 3.05) is 19.8 Å². The number of rotatable bonds is 5. The fourth-order valence-electron chi connectivity index (χ4n) is 3.05. The molecule has 1 saturated heterocycles. The van der Waals surface area contributed by atoms with Gasteiger partial charge in [0, 0.05) is 31.2 Å². The Morgan fingerprint density at radius 2 is 2.16 bits per heavy atom. The van der Waals surface area contributed by atoms with Gasteiger partial charge in [-0.3, -0.25) is 4.79 Å². The van der Waals surface area contributed by atoms with Gasteiger partial charge in [-0.25, -0.2) is 4.39 Å². The average Bonchev–Trinajstić information content (AvgIpc) is 3.04. The van der Waals surface area contributed by atoms with Crippen LogP contribution in [0.25, 0.3) is 6.08 Å². The van der Waals surface area contributed by atoms with Crippen molar-refractivity contribution in [2.45, 2.75) is 18.3 Å². The lowest BCUT2D eigenvalue weighted by Gasteiger charge is -2.37. The molecular weight excluding hydrogens is 405 g/mol. The maximum absolute atomic E-state index is 13.7. The van der Waals surface area contributed by atoms with E-state index in [-0.39, 0.29) is 17.1 Å². The maximum Gasteiger partial charge on any atom is 0.244 e. The molecule has 0 atom stereocenters. The molecule has 0 spiro atoms. The summed E-state index contributed by atoms with van der Waals surface area (Å²) in [5.74, 6) is -0.401. The third-order valence-corrected chi connectivity index (χ3v) is 6.03. The fourth-order valence-corrected chi connectivity index (χ4v) is 4.19. The molecule has 3 nitrogen and oxygen atoms in total. The highest BCUT2D eigenvalue weighted by Gasteiger charge is 2.34. The minimum atomic E-state index is -0.282. The number of thiophene rings is 1. The largest absolute Gasteiger partial charge is 0.381 e. The smallest absolute Gasteiger partial charge is 0.244 e. The van der Waals surface area contributed by atoms with Crippen LogP contribution in [-0.2, 0) is 14.9 Å². The highest BCUT2D eigenvalue weighted by molar-refractivity contribution is 9.11. The van der Waals surface area contributed by atoms with Gasteiger partial charge in [-0.2, -0.15) is 0 Å². The summed E-state index contributed by atoms with van der Waals surface area (Å²) in [4.78, 5) is 12.2. The van der Waals surface area contributed by atoms with Gasteiger partial charge in [0.1, 0.15) is 5.82 Å². The van der Waals surface area contributed by atoms with E-state index >= 15 is 0 Å². The zero-order valence-electron chi connectivity index (χ0n) is 13.6. The maximum atomic E-state index is 13.7. The molecule has 25 heavy (non-hydrogen) atoms. The standard InChI is InChI=1S/C19H19BrFNO2S/c20-17-10-14(12-25-17)4-5-18(23)22-13-19(6-8-24-9-7-19)15-2-1-3-16(21)11-15/h1-5,10-12H,6-9,13H2,(H,22,23)/b5-4+. The topological polar surface area (TPSA) is 38.3 Å². The molecule has 1 fully saturated rings. The number of amides is 1. The number of carbonyl (C=O) groups excluding carboxylic acids is 1. The number of hydrogen-bond donors (Lipinski definition) is 1. The van der Waals surface area contributed by atoms with Gasteiger partial charge in [-0.1, -0.05) is 12.1 Å². The Hall–Kier alpha value is -1.50. The first kappa shape index (κ1) is 18.3. The van der Waals surface area contributed by atoms with Crippen molar-refractivity contribution in [3.8, 4) is 0 Å². The molecular formula is C19H19BrFNO2S. The molecule has 3 rings (SSSR count). The van der Waals surface area contributed by atoms with Crippen molar-refractivity contribution in [1.82, 2.24) is 5.32 Å². The molecule has 2 aromatic rings. The minimum Gasteiger partial charge on any atom is -0.381 e. The molecule has 0 aliphatic carbocycles. The number of hydrogen-bond acceptors (Lipinski definition) is 3. The Kier molecular flexibility index (Phi) is 6.04. The van der Waals surface area contributed by atoms with E-state index in [1.807, 2.05) is 17.5 Å². The summed E-state index contributed by atoms with van der Waals surface area (Å²) in [5.41, 5.74) is 1.62. The van der Waals surface area contributed by atoms with Crippen molar-refractivity contribution in [3.63, 3.8) is 0 Å². The quantitative estimate of drug-likeness (QED) is 0.717. The number of benzene rings is 1. The van der Waals surface area contributed by atoms with Crippen LogP contribution in [0.15, 0.2) is 45.6 Å². The van der Waals surface area contributed by atoms with E-state index in [0.717, 1.165) is 27.8 Å². The summed E-state index contributed by atoms with van der Waals surface area (Å²) in [5, 5.41) is 4.95. The SMILES string of the molecule is O=C(/C=C/c1csc(Br)c1)NCC1(c2cccc(F)c2)CCOCC1. The normalized spacial score (nSPS) is 16.9.